The molecule has 8 heteroatoms. The molecular formula is C20H26N6O2. The van der Waals surface area contributed by atoms with Crippen LogP contribution in [0.25, 0.3) is 0 Å². The van der Waals surface area contributed by atoms with Crippen LogP contribution in [-0.2, 0) is 0 Å². The third kappa shape index (κ3) is 4.97. The first-order chi connectivity index (χ1) is 13.6. The van der Waals surface area contributed by atoms with Crippen LogP contribution in [-0.4, -0.2) is 48.6 Å². The highest BCUT2D eigenvalue weighted by molar-refractivity contribution is 5.97. The quantitative estimate of drug-likeness (QED) is 0.736. The molecule has 8 nitrogen and oxygen atoms in total. The summed E-state index contributed by atoms with van der Waals surface area (Å²) in [5, 5.41) is 8.37. The van der Waals surface area contributed by atoms with Crippen LogP contribution in [0, 0.1) is 12.8 Å². The number of aromatic nitrogens is 2. The van der Waals surface area contributed by atoms with Gasteiger partial charge in [0.05, 0.1) is 0 Å². The number of rotatable bonds is 5. The molecule has 1 aliphatic rings. The molecule has 0 saturated carbocycles. The van der Waals surface area contributed by atoms with Crippen molar-refractivity contribution in [2.24, 2.45) is 5.92 Å². The van der Waals surface area contributed by atoms with Crippen molar-refractivity contribution in [3.05, 3.63) is 47.8 Å². The normalized spacial score (nSPS) is 16.4. The van der Waals surface area contributed by atoms with Crippen molar-refractivity contribution in [2.75, 3.05) is 36.9 Å². The molecule has 0 radical (unpaired) electrons. The van der Waals surface area contributed by atoms with Crippen molar-refractivity contribution < 1.29 is 9.59 Å². The third-order valence-corrected chi connectivity index (χ3v) is 4.88. The van der Waals surface area contributed by atoms with Crippen LogP contribution in [0.4, 0.5) is 16.4 Å². The van der Waals surface area contributed by atoms with E-state index in [4.69, 9.17) is 0 Å². The molecule has 3 rings (SSSR count). The van der Waals surface area contributed by atoms with Crippen LogP contribution >= 0.6 is 0 Å². The van der Waals surface area contributed by atoms with Crippen molar-refractivity contribution in [1.29, 1.82) is 0 Å². The number of hydrogen-bond donors (Lipinski definition) is 3. The highest BCUT2D eigenvalue weighted by Gasteiger charge is 2.22. The molecule has 1 aromatic carbocycles. The Morgan fingerprint density at radius 2 is 2.04 bits per heavy atom. The fourth-order valence-electron chi connectivity index (χ4n) is 3.31. The summed E-state index contributed by atoms with van der Waals surface area (Å²) in [6.07, 6.45) is 5.58. The second kappa shape index (κ2) is 9.16. The Labute approximate surface area is 164 Å². The molecule has 0 spiro atoms. The molecule has 3 N–H and O–H groups in total. The Morgan fingerprint density at radius 1 is 1.25 bits per heavy atom. The number of amides is 3. The number of carbonyl (C=O) groups excluding carboxylic acids is 2. The maximum absolute atomic E-state index is 12.3. The van der Waals surface area contributed by atoms with Gasteiger partial charge in [-0.1, -0.05) is 6.07 Å². The maximum Gasteiger partial charge on any atom is 0.319 e. The number of hydrogen-bond acceptors (Lipinski definition) is 5. The van der Waals surface area contributed by atoms with E-state index in [0.29, 0.717) is 23.7 Å². The maximum atomic E-state index is 12.3. The number of anilines is 2. The van der Waals surface area contributed by atoms with Gasteiger partial charge in [0.1, 0.15) is 0 Å². The standard InChI is InChI=1S/C20H26N6O2/c1-14-6-7-16(18(27)21-2)11-17(14)25-20(28)24-12-15-5-3-10-26(13-15)19-22-8-4-9-23-19/h4,6-9,11,15H,3,5,10,12-13H2,1-2H3,(H,21,27)(H2,24,25,28)/t15-/m1/s1. The van der Waals surface area contributed by atoms with E-state index in [9.17, 15) is 9.59 Å². The Kier molecular flexibility index (Phi) is 6.41. The number of nitrogens with zero attached hydrogens (tertiary/aromatic N) is 3. The largest absolute Gasteiger partial charge is 0.355 e. The summed E-state index contributed by atoms with van der Waals surface area (Å²) in [4.78, 5) is 34.9. The molecule has 3 amide bonds. The van der Waals surface area contributed by atoms with E-state index < -0.39 is 0 Å². The Bertz CT molecular complexity index is 827. The first-order valence-corrected chi connectivity index (χ1v) is 9.46. The van der Waals surface area contributed by atoms with Crippen LogP contribution < -0.4 is 20.9 Å². The lowest BCUT2D eigenvalue weighted by molar-refractivity contribution is 0.0963. The summed E-state index contributed by atoms with van der Waals surface area (Å²) in [7, 11) is 1.58. The highest BCUT2D eigenvalue weighted by atomic mass is 16.2. The minimum Gasteiger partial charge on any atom is -0.355 e. The zero-order valence-electron chi connectivity index (χ0n) is 16.2. The van der Waals surface area contributed by atoms with Crippen LogP contribution in [0.5, 0.6) is 0 Å². The van der Waals surface area contributed by atoms with Gasteiger partial charge in [-0.05, 0) is 49.4 Å². The summed E-state index contributed by atoms with van der Waals surface area (Å²) in [5.74, 6) is 0.883. The van der Waals surface area contributed by atoms with Crippen molar-refractivity contribution in [2.45, 2.75) is 19.8 Å². The molecule has 28 heavy (non-hydrogen) atoms. The van der Waals surface area contributed by atoms with Crippen LogP contribution in [0.15, 0.2) is 36.7 Å². The van der Waals surface area contributed by atoms with Crippen LogP contribution in [0.1, 0.15) is 28.8 Å². The van der Waals surface area contributed by atoms with Gasteiger partial charge < -0.3 is 20.9 Å². The lowest BCUT2D eigenvalue weighted by Crippen LogP contribution is -2.42. The number of nitrogens with one attached hydrogen (secondary N) is 3. The van der Waals surface area contributed by atoms with E-state index in [1.165, 1.54) is 0 Å². The highest BCUT2D eigenvalue weighted by Crippen LogP contribution is 2.20. The molecule has 2 aromatic rings. The summed E-state index contributed by atoms with van der Waals surface area (Å²) in [6.45, 7) is 4.21. The fourth-order valence-corrected chi connectivity index (χ4v) is 3.31. The summed E-state index contributed by atoms with van der Waals surface area (Å²) in [5.41, 5.74) is 2.03. The molecule has 2 heterocycles. The Balaban J connectivity index is 1.54. The second-order valence-electron chi connectivity index (χ2n) is 6.95. The van der Waals surface area contributed by atoms with E-state index in [-0.39, 0.29) is 11.9 Å². The lowest BCUT2D eigenvalue weighted by Gasteiger charge is -2.32. The average molecular weight is 382 g/mol. The number of piperidine rings is 1. The predicted octanol–water partition coefficient (Wildman–Crippen LogP) is 2.18. The van der Waals surface area contributed by atoms with Gasteiger partial charge in [0.2, 0.25) is 5.95 Å². The van der Waals surface area contributed by atoms with E-state index in [1.54, 1.807) is 37.6 Å². The zero-order chi connectivity index (χ0) is 19.9. The number of carbonyl (C=O) groups is 2. The zero-order valence-corrected chi connectivity index (χ0v) is 16.2. The number of aryl methyl sites for hydroxylation is 1. The van der Waals surface area contributed by atoms with E-state index in [2.05, 4.69) is 30.8 Å². The van der Waals surface area contributed by atoms with Gasteiger partial charge in [0.15, 0.2) is 0 Å². The van der Waals surface area contributed by atoms with E-state index in [0.717, 1.165) is 37.4 Å². The van der Waals surface area contributed by atoms with Crippen molar-refractivity contribution in [3.63, 3.8) is 0 Å². The minimum absolute atomic E-state index is 0.186. The van der Waals surface area contributed by atoms with Gasteiger partial charge in [-0.25, -0.2) is 14.8 Å². The van der Waals surface area contributed by atoms with Crippen molar-refractivity contribution in [1.82, 2.24) is 20.6 Å². The van der Waals surface area contributed by atoms with Crippen LogP contribution in [0.2, 0.25) is 0 Å². The number of urea groups is 1. The molecule has 1 aliphatic heterocycles. The monoisotopic (exact) mass is 382 g/mol. The predicted molar refractivity (Wildman–Crippen MR) is 109 cm³/mol. The third-order valence-electron chi connectivity index (χ3n) is 4.88. The smallest absolute Gasteiger partial charge is 0.319 e. The molecule has 1 saturated heterocycles. The average Bonchev–Trinajstić information content (AvgIpc) is 2.74. The van der Waals surface area contributed by atoms with Gasteiger partial charge in [-0.15, -0.1) is 0 Å². The fraction of sp³-hybridized carbons (Fsp3) is 0.400. The van der Waals surface area contributed by atoms with Crippen molar-refractivity contribution >= 4 is 23.6 Å². The molecule has 0 unspecified atom stereocenters. The molecule has 1 atom stereocenters. The van der Waals surface area contributed by atoms with Gasteiger partial charge in [0, 0.05) is 50.3 Å². The first-order valence-electron chi connectivity index (χ1n) is 9.46. The van der Waals surface area contributed by atoms with E-state index in [1.807, 2.05) is 13.0 Å². The topological polar surface area (TPSA) is 99.2 Å². The molecule has 0 bridgehead atoms. The van der Waals surface area contributed by atoms with Crippen LogP contribution in [0.3, 0.4) is 0 Å². The molecule has 0 aliphatic carbocycles. The molecule has 1 fully saturated rings. The molecule has 1 aromatic heterocycles. The summed E-state index contributed by atoms with van der Waals surface area (Å²) < 4.78 is 0. The Hall–Kier alpha value is -3.16. The van der Waals surface area contributed by atoms with Crippen molar-refractivity contribution in [3.8, 4) is 0 Å². The number of benzene rings is 1. The first kappa shape index (κ1) is 19.6. The summed E-state index contributed by atoms with van der Waals surface area (Å²) in [6, 6.07) is 6.77. The second-order valence-corrected chi connectivity index (χ2v) is 6.95. The Morgan fingerprint density at radius 3 is 2.79 bits per heavy atom. The van der Waals surface area contributed by atoms with Gasteiger partial charge in [0.25, 0.3) is 5.91 Å². The van der Waals surface area contributed by atoms with Gasteiger partial charge in [-0.2, -0.15) is 0 Å². The minimum atomic E-state index is -0.273. The molecule has 148 valence electrons. The van der Waals surface area contributed by atoms with Gasteiger partial charge >= 0.3 is 6.03 Å². The summed E-state index contributed by atoms with van der Waals surface area (Å²) >= 11 is 0. The molecular weight excluding hydrogens is 356 g/mol. The van der Waals surface area contributed by atoms with Gasteiger partial charge in [-0.3, -0.25) is 4.79 Å². The van der Waals surface area contributed by atoms with E-state index >= 15 is 0 Å². The SMILES string of the molecule is CNC(=O)c1ccc(C)c(NC(=O)NC[C@H]2CCCN(c3ncccn3)C2)c1. The lowest BCUT2D eigenvalue weighted by atomic mass is 9.98.